The molecule has 2 aliphatic carbocycles. The quantitative estimate of drug-likeness (QED) is 0.790. The number of rotatable bonds is 4. The van der Waals surface area contributed by atoms with Crippen molar-refractivity contribution in [3.63, 3.8) is 0 Å². The molecule has 0 aliphatic heterocycles. The van der Waals surface area contributed by atoms with Crippen LogP contribution in [0.2, 0.25) is 0 Å². The van der Waals surface area contributed by atoms with Crippen LogP contribution >= 0.6 is 0 Å². The van der Waals surface area contributed by atoms with E-state index >= 15 is 0 Å². The SMILES string of the molecule is COc1ccc(C2Cc3c(OC)cc(OC)cc3C3CCCC23)cc1. The first-order valence-corrected chi connectivity index (χ1v) is 9.14. The summed E-state index contributed by atoms with van der Waals surface area (Å²) in [6.07, 6.45) is 4.91. The van der Waals surface area contributed by atoms with E-state index in [1.165, 1.54) is 36.0 Å². The predicted octanol–water partition coefficient (Wildman–Crippen LogP) is 4.94. The molecule has 0 radical (unpaired) electrons. The molecular weight excluding hydrogens is 312 g/mol. The minimum Gasteiger partial charge on any atom is -0.497 e. The first-order chi connectivity index (χ1) is 12.2. The van der Waals surface area contributed by atoms with Crippen LogP contribution in [0.25, 0.3) is 0 Å². The lowest BCUT2D eigenvalue weighted by Gasteiger charge is -2.37. The Morgan fingerprint density at radius 2 is 1.56 bits per heavy atom. The molecule has 0 spiro atoms. The van der Waals surface area contributed by atoms with Gasteiger partial charge in [-0.1, -0.05) is 18.6 Å². The molecule has 0 aromatic heterocycles. The Morgan fingerprint density at radius 1 is 0.800 bits per heavy atom. The molecule has 2 aliphatic rings. The number of ether oxygens (including phenoxy) is 3. The van der Waals surface area contributed by atoms with Crippen LogP contribution in [0, 0.1) is 5.92 Å². The lowest BCUT2D eigenvalue weighted by molar-refractivity contribution is 0.342. The van der Waals surface area contributed by atoms with Gasteiger partial charge in [-0.2, -0.15) is 0 Å². The molecule has 4 rings (SSSR count). The van der Waals surface area contributed by atoms with E-state index in [0.29, 0.717) is 17.8 Å². The minimum absolute atomic E-state index is 0.549. The number of methoxy groups -OCH3 is 3. The van der Waals surface area contributed by atoms with E-state index < -0.39 is 0 Å². The average Bonchev–Trinajstić information content (AvgIpc) is 3.16. The van der Waals surface area contributed by atoms with Crippen molar-refractivity contribution in [2.75, 3.05) is 21.3 Å². The van der Waals surface area contributed by atoms with Gasteiger partial charge in [0.1, 0.15) is 17.2 Å². The van der Waals surface area contributed by atoms with Crippen LogP contribution in [0.4, 0.5) is 0 Å². The fraction of sp³-hybridized carbons (Fsp3) is 0.455. The Kier molecular flexibility index (Phi) is 4.32. The molecule has 3 heteroatoms. The normalized spacial score (nSPS) is 24.4. The van der Waals surface area contributed by atoms with Gasteiger partial charge in [-0.05, 0) is 71.9 Å². The Labute approximate surface area is 149 Å². The first-order valence-electron chi connectivity index (χ1n) is 9.14. The maximum atomic E-state index is 5.72. The zero-order chi connectivity index (χ0) is 17.4. The molecule has 0 amide bonds. The van der Waals surface area contributed by atoms with E-state index in [4.69, 9.17) is 14.2 Å². The third-order valence-corrected chi connectivity index (χ3v) is 6.13. The van der Waals surface area contributed by atoms with E-state index in [1.54, 1.807) is 21.3 Å². The monoisotopic (exact) mass is 338 g/mol. The Hall–Kier alpha value is -2.16. The summed E-state index contributed by atoms with van der Waals surface area (Å²) in [5, 5.41) is 0. The van der Waals surface area contributed by atoms with Crippen LogP contribution in [-0.2, 0) is 6.42 Å². The van der Waals surface area contributed by atoms with Crippen LogP contribution in [-0.4, -0.2) is 21.3 Å². The van der Waals surface area contributed by atoms with E-state index in [2.05, 4.69) is 30.3 Å². The Morgan fingerprint density at radius 3 is 2.24 bits per heavy atom. The molecule has 1 fully saturated rings. The summed E-state index contributed by atoms with van der Waals surface area (Å²) in [6.45, 7) is 0. The van der Waals surface area contributed by atoms with Gasteiger partial charge in [0.2, 0.25) is 0 Å². The highest BCUT2D eigenvalue weighted by molar-refractivity contribution is 5.52. The fourth-order valence-electron chi connectivity index (χ4n) is 4.93. The van der Waals surface area contributed by atoms with Crippen LogP contribution in [0.15, 0.2) is 36.4 Å². The Bertz CT molecular complexity index is 751. The number of benzene rings is 2. The minimum atomic E-state index is 0.549. The van der Waals surface area contributed by atoms with E-state index in [0.717, 1.165) is 23.7 Å². The molecule has 3 nitrogen and oxygen atoms in total. The van der Waals surface area contributed by atoms with Gasteiger partial charge in [-0.15, -0.1) is 0 Å². The predicted molar refractivity (Wildman–Crippen MR) is 99.1 cm³/mol. The maximum Gasteiger partial charge on any atom is 0.126 e. The van der Waals surface area contributed by atoms with Crippen molar-refractivity contribution in [3.8, 4) is 17.2 Å². The van der Waals surface area contributed by atoms with Crippen LogP contribution in [0.5, 0.6) is 17.2 Å². The van der Waals surface area contributed by atoms with Gasteiger partial charge < -0.3 is 14.2 Å². The second-order valence-corrected chi connectivity index (χ2v) is 7.18. The van der Waals surface area contributed by atoms with Crippen molar-refractivity contribution in [1.82, 2.24) is 0 Å². The van der Waals surface area contributed by atoms with Crippen molar-refractivity contribution in [2.24, 2.45) is 5.92 Å². The molecule has 132 valence electrons. The molecule has 0 bridgehead atoms. The standard InChI is InChI=1S/C22H26O3/c1-23-15-9-7-14(8-10-15)19-13-21-20(18-6-4-5-17(18)19)11-16(24-2)12-22(21)25-3/h7-12,17-19H,4-6,13H2,1-3H3. The molecule has 0 heterocycles. The van der Waals surface area contributed by atoms with Crippen LogP contribution < -0.4 is 14.2 Å². The van der Waals surface area contributed by atoms with Crippen LogP contribution in [0.3, 0.4) is 0 Å². The van der Waals surface area contributed by atoms with Crippen molar-refractivity contribution in [1.29, 1.82) is 0 Å². The maximum absolute atomic E-state index is 5.72. The van der Waals surface area contributed by atoms with Crippen molar-refractivity contribution >= 4 is 0 Å². The van der Waals surface area contributed by atoms with Crippen molar-refractivity contribution in [2.45, 2.75) is 37.5 Å². The van der Waals surface area contributed by atoms with Crippen molar-refractivity contribution in [3.05, 3.63) is 53.1 Å². The smallest absolute Gasteiger partial charge is 0.126 e. The number of hydrogen-bond acceptors (Lipinski definition) is 3. The molecule has 25 heavy (non-hydrogen) atoms. The zero-order valence-electron chi connectivity index (χ0n) is 15.2. The highest BCUT2D eigenvalue weighted by Crippen LogP contribution is 2.55. The summed E-state index contributed by atoms with van der Waals surface area (Å²) in [4.78, 5) is 0. The molecule has 1 saturated carbocycles. The summed E-state index contributed by atoms with van der Waals surface area (Å²) in [7, 11) is 5.21. The first kappa shape index (κ1) is 16.3. The number of fused-ring (bicyclic) bond motifs is 3. The third-order valence-electron chi connectivity index (χ3n) is 6.13. The highest BCUT2D eigenvalue weighted by atomic mass is 16.5. The van der Waals surface area contributed by atoms with Gasteiger partial charge in [-0.25, -0.2) is 0 Å². The Balaban J connectivity index is 1.77. The zero-order valence-corrected chi connectivity index (χ0v) is 15.2. The lowest BCUT2D eigenvalue weighted by atomic mass is 9.68. The molecule has 2 aromatic carbocycles. The summed E-state index contributed by atoms with van der Waals surface area (Å²) in [5.74, 6) is 4.67. The number of hydrogen-bond donors (Lipinski definition) is 0. The van der Waals surface area contributed by atoms with Crippen molar-refractivity contribution < 1.29 is 14.2 Å². The van der Waals surface area contributed by atoms with Gasteiger partial charge >= 0.3 is 0 Å². The van der Waals surface area contributed by atoms with E-state index in [1.807, 2.05) is 6.07 Å². The van der Waals surface area contributed by atoms with Crippen LogP contribution in [0.1, 0.15) is 47.8 Å². The molecular formula is C22H26O3. The van der Waals surface area contributed by atoms with E-state index in [9.17, 15) is 0 Å². The molecule has 0 saturated heterocycles. The summed E-state index contributed by atoms with van der Waals surface area (Å²) < 4.78 is 16.6. The second-order valence-electron chi connectivity index (χ2n) is 7.18. The van der Waals surface area contributed by atoms with Gasteiger partial charge in [-0.3, -0.25) is 0 Å². The molecule has 3 atom stereocenters. The van der Waals surface area contributed by atoms with Gasteiger partial charge in [0.25, 0.3) is 0 Å². The van der Waals surface area contributed by atoms with Gasteiger partial charge in [0.15, 0.2) is 0 Å². The van der Waals surface area contributed by atoms with Gasteiger partial charge in [0, 0.05) is 6.07 Å². The molecule has 2 aromatic rings. The lowest BCUT2D eigenvalue weighted by Crippen LogP contribution is -2.25. The summed E-state index contributed by atoms with van der Waals surface area (Å²) >= 11 is 0. The second kappa shape index (κ2) is 6.62. The fourth-order valence-corrected chi connectivity index (χ4v) is 4.93. The average molecular weight is 338 g/mol. The third kappa shape index (κ3) is 2.76. The molecule has 0 N–H and O–H groups in total. The summed E-state index contributed by atoms with van der Waals surface area (Å²) in [6, 6.07) is 12.9. The highest BCUT2D eigenvalue weighted by Gasteiger charge is 2.41. The molecule has 3 unspecified atom stereocenters. The largest absolute Gasteiger partial charge is 0.497 e. The summed E-state index contributed by atoms with van der Waals surface area (Å²) in [5.41, 5.74) is 4.23. The van der Waals surface area contributed by atoms with E-state index in [-0.39, 0.29) is 0 Å². The topological polar surface area (TPSA) is 27.7 Å². The van der Waals surface area contributed by atoms with Gasteiger partial charge in [0.05, 0.1) is 21.3 Å².